The predicted octanol–water partition coefficient (Wildman–Crippen LogP) is 1.73. The molecule has 9 nitrogen and oxygen atoms in total. The van der Waals surface area contributed by atoms with Gasteiger partial charge in [-0.05, 0) is 30.5 Å². The molecule has 0 fully saturated rings. The first kappa shape index (κ1) is 17.0. The lowest BCUT2D eigenvalue weighted by molar-refractivity contribution is 0.0921. The van der Waals surface area contributed by atoms with Gasteiger partial charge in [0.2, 0.25) is 0 Å². The lowest BCUT2D eigenvalue weighted by Gasteiger charge is -2.20. The molecule has 4 aromatic rings. The smallest absolute Gasteiger partial charge is 0.286 e. The van der Waals surface area contributed by atoms with Crippen LogP contribution in [-0.2, 0) is 0 Å². The van der Waals surface area contributed by atoms with Crippen LogP contribution in [0.15, 0.2) is 35.5 Å². The molecule has 4 rings (SSSR count). The zero-order chi connectivity index (χ0) is 19.1. The molecule has 0 aliphatic rings. The maximum atomic E-state index is 12.7. The summed E-state index contributed by atoms with van der Waals surface area (Å²) in [6, 6.07) is 5.55. The van der Waals surface area contributed by atoms with E-state index < -0.39 is 11.5 Å². The summed E-state index contributed by atoms with van der Waals surface area (Å²) in [6.45, 7) is 5.97. The number of amides is 1. The molecule has 0 saturated carbocycles. The number of aromatic nitrogens is 6. The van der Waals surface area contributed by atoms with Crippen molar-refractivity contribution in [3.05, 3.63) is 58.0 Å². The summed E-state index contributed by atoms with van der Waals surface area (Å²) in [4.78, 5) is 41.0. The van der Waals surface area contributed by atoms with Crippen LogP contribution in [0.5, 0.6) is 0 Å². The summed E-state index contributed by atoms with van der Waals surface area (Å²) in [5.74, 6) is 0.410. The van der Waals surface area contributed by atoms with E-state index in [0.717, 1.165) is 21.1 Å². The van der Waals surface area contributed by atoms with Gasteiger partial charge in [0.15, 0.2) is 0 Å². The van der Waals surface area contributed by atoms with E-state index in [0.29, 0.717) is 5.82 Å². The number of hydrogen-bond acceptors (Lipinski definition) is 5. The molecule has 1 amide bonds. The van der Waals surface area contributed by atoms with Gasteiger partial charge in [-0.3, -0.25) is 14.7 Å². The van der Waals surface area contributed by atoms with Crippen molar-refractivity contribution in [3.63, 3.8) is 0 Å². The van der Waals surface area contributed by atoms with Crippen molar-refractivity contribution in [2.75, 3.05) is 0 Å². The fourth-order valence-electron chi connectivity index (χ4n) is 3.01. The van der Waals surface area contributed by atoms with E-state index in [1.54, 1.807) is 0 Å². The zero-order valence-electron chi connectivity index (χ0n) is 15.1. The van der Waals surface area contributed by atoms with Crippen molar-refractivity contribution < 1.29 is 4.79 Å². The van der Waals surface area contributed by atoms with Crippen LogP contribution < -0.4 is 10.9 Å². The third-order valence-electron chi connectivity index (χ3n) is 4.46. The average molecular weight is 365 g/mol. The monoisotopic (exact) mass is 365 g/mol. The largest absolute Gasteiger partial charge is 0.342 e. The van der Waals surface area contributed by atoms with Gasteiger partial charge < -0.3 is 10.3 Å². The van der Waals surface area contributed by atoms with Gasteiger partial charge in [0, 0.05) is 6.20 Å². The van der Waals surface area contributed by atoms with Crippen LogP contribution in [0.25, 0.3) is 16.8 Å². The Morgan fingerprint density at radius 3 is 2.85 bits per heavy atom. The Balaban J connectivity index is 1.68. The summed E-state index contributed by atoms with van der Waals surface area (Å²) in [5, 5.41) is 5.55. The first-order valence-electron chi connectivity index (χ1n) is 8.62. The molecule has 3 heterocycles. The second kappa shape index (κ2) is 6.35. The number of hydrogen-bond donors (Lipinski definition) is 3. The van der Waals surface area contributed by atoms with Gasteiger partial charge in [0.05, 0.1) is 17.1 Å². The van der Waals surface area contributed by atoms with E-state index in [4.69, 9.17) is 0 Å². The molecule has 0 saturated heterocycles. The Morgan fingerprint density at radius 1 is 1.26 bits per heavy atom. The van der Waals surface area contributed by atoms with Gasteiger partial charge >= 0.3 is 0 Å². The van der Waals surface area contributed by atoms with Crippen molar-refractivity contribution in [2.45, 2.75) is 26.8 Å². The first-order chi connectivity index (χ1) is 12.9. The molecule has 3 N–H and O–H groups in total. The van der Waals surface area contributed by atoms with E-state index in [2.05, 4.69) is 30.4 Å². The third-order valence-corrected chi connectivity index (χ3v) is 4.46. The maximum Gasteiger partial charge on any atom is 0.286 e. The number of carbonyl (C=O) groups excluding carboxylic acids is 1. The van der Waals surface area contributed by atoms with Gasteiger partial charge in [-0.25, -0.2) is 15.0 Å². The van der Waals surface area contributed by atoms with Crippen molar-refractivity contribution >= 4 is 22.7 Å². The number of fused-ring (bicyclic) bond motifs is 2. The van der Waals surface area contributed by atoms with Crippen molar-refractivity contribution in [2.24, 2.45) is 5.92 Å². The molecule has 9 heteroatoms. The minimum absolute atomic E-state index is 0.0576. The van der Waals surface area contributed by atoms with Crippen LogP contribution >= 0.6 is 0 Å². The number of nitrogens with one attached hydrogen (secondary N) is 3. The highest BCUT2D eigenvalue weighted by atomic mass is 16.2. The molecule has 0 radical (unpaired) electrons. The number of imidazole rings is 1. The van der Waals surface area contributed by atoms with Crippen LogP contribution in [0.4, 0.5) is 0 Å². The van der Waals surface area contributed by atoms with Gasteiger partial charge in [-0.2, -0.15) is 4.52 Å². The molecule has 1 atom stereocenters. The van der Waals surface area contributed by atoms with Gasteiger partial charge in [0.25, 0.3) is 17.2 Å². The van der Waals surface area contributed by atoms with Gasteiger partial charge in [-0.15, -0.1) is 0 Å². The molecule has 0 aliphatic heterocycles. The summed E-state index contributed by atoms with van der Waals surface area (Å²) in [5.41, 5.74) is 2.29. The third kappa shape index (κ3) is 2.97. The van der Waals surface area contributed by atoms with E-state index >= 15 is 0 Å². The number of rotatable bonds is 4. The second-order valence-electron chi connectivity index (χ2n) is 6.84. The molecule has 138 valence electrons. The standard InChI is InChI=1S/C18H19N7O2/c1-9(2)14(15-22-12-5-4-10(3)6-13(12)23-15)24-16(26)11-7-19-18-20-8-21-25(18)17(11)27/h4-9,14H,1-3H3,(H,22,23)(H,24,26)(H,19,20,21). The number of carbonyl (C=O) groups is 1. The van der Waals surface area contributed by atoms with Crippen molar-refractivity contribution in [3.8, 4) is 0 Å². The number of nitrogens with zero attached hydrogens (tertiary/aromatic N) is 4. The normalized spacial score (nSPS) is 12.7. The lowest BCUT2D eigenvalue weighted by atomic mass is 10.0. The Bertz CT molecular complexity index is 1200. The minimum atomic E-state index is -0.508. The second-order valence-corrected chi connectivity index (χ2v) is 6.84. The summed E-state index contributed by atoms with van der Waals surface area (Å²) in [6.07, 6.45) is 2.59. The molecule has 3 aromatic heterocycles. The molecule has 0 bridgehead atoms. The Morgan fingerprint density at radius 2 is 2.07 bits per heavy atom. The number of benzene rings is 1. The summed E-state index contributed by atoms with van der Waals surface area (Å²) >= 11 is 0. The quantitative estimate of drug-likeness (QED) is 0.508. The molecule has 1 unspecified atom stereocenters. The zero-order valence-corrected chi connectivity index (χ0v) is 15.1. The van der Waals surface area contributed by atoms with Crippen LogP contribution in [0.1, 0.15) is 41.6 Å². The van der Waals surface area contributed by atoms with Crippen LogP contribution in [0.2, 0.25) is 0 Å². The minimum Gasteiger partial charge on any atom is -0.342 e. The Labute approximate surface area is 153 Å². The van der Waals surface area contributed by atoms with Crippen LogP contribution in [-0.4, -0.2) is 35.5 Å². The van der Waals surface area contributed by atoms with E-state index in [-0.39, 0.29) is 23.3 Å². The number of H-pyrrole nitrogens is 2. The highest BCUT2D eigenvalue weighted by Gasteiger charge is 2.24. The highest BCUT2D eigenvalue weighted by Crippen LogP contribution is 2.23. The molecule has 27 heavy (non-hydrogen) atoms. The van der Waals surface area contributed by atoms with Crippen molar-refractivity contribution in [1.82, 2.24) is 34.9 Å². The molecular formula is C18H19N7O2. The Kier molecular flexibility index (Phi) is 3.98. The highest BCUT2D eigenvalue weighted by molar-refractivity contribution is 5.94. The van der Waals surface area contributed by atoms with E-state index in [1.165, 1.54) is 12.5 Å². The lowest BCUT2D eigenvalue weighted by Crippen LogP contribution is -2.36. The number of aryl methyl sites for hydroxylation is 1. The number of aromatic amines is 2. The molecule has 0 aliphatic carbocycles. The molecular weight excluding hydrogens is 346 g/mol. The van der Waals surface area contributed by atoms with Crippen molar-refractivity contribution in [1.29, 1.82) is 0 Å². The first-order valence-corrected chi connectivity index (χ1v) is 8.62. The SMILES string of the molecule is Cc1ccc2nc(C(NC(=O)c3cnc4nc[nH]n4c3=O)C(C)C)[nH]c2c1. The van der Waals surface area contributed by atoms with E-state index in [1.807, 2.05) is 39.0 Å². The summed E-state index contributed by atoms with van der Waals surface area (Å²) < 4.78 is 1.13. The fourth-order valence-corrected chi connectivity index (χ4v) is 3.01. The molecule has 0 spiro atoms. The summed E-state index contributed by atoms with van der Waals surface area (Å²) in [7, 11) is 0. The maximum absolute atomic E-state index is 12.7. The van der Waals surface area contributed by atoms with Crippen LogP contribution in [0, 0.1) is 12.8 Å². The van der Waals surface area contributed by atoms with E-state index in [9.17, 15) is 9.59 Å². The van der Waals surface area contributed by atoms with Gasteiger partial charge in [-0.1, -0.05) is 19.9 Å². The fraction of sp³-hybridized carbons (Fsp3) is 0.278. The van der Waals surface area contributed by atoms with Gasteiger partial charge in [0.1, 0.15) is 17.7 Å². The van der Waals surface area contributed by atoms with Crippen LogP contribution in [0.3, 0.4) is 0 Å². The molecule has 1 aromatic carbocycles. The average Bonchev–Trinajstić information content (AvgIpc) is 3.25. The predicted molar refractivity (Wildman–Crippen MR) is 99.5 cm³/mol. The topological polar surface area (TPSA) is 121 Å². The Hall–Kier alpha value is -3.49.